The third-order valence-corrected chi connectivity index (χ3v) is 4.49. The molecule has 0 saturated carbocycles. The van der Waals surface area contributed by atoms with E-state index in [0.29, 0.717) is 29.0 Å². The zero-order valence-electron chi connectivity index (χ0n) is 14.0. The lowest BCUT2D eigenvalue weighted by atomic mass is 10.1. The van der Waals surface area contributed by atoms with E-state index >= 15 is 0 Å². The third kappa shape index (κ3) is 2.29. The minimum absolute atomic E-state index is 0.116. The average molecular weight is 335 g/mol. The summed E-state index contributed by atoms with van der Waals surface area (Å²) in [7, 11) is 1.83. The molecular weight excluding hydrogens is 318 g/mol. The Balaban J connectivity index is 2.13. The van der Waals surface area contributed by atoms with Gasteiger partial charge in [0.15, 0.2) is 5.65 Å². The van der Waals surface area contributed by atoms with Crippen LogP contribution in [0.1, 0.15) is 18.5 Å². The highest BCUT2D eigenvalue weighted by molar-refractivity contribution is 5.91. The van der Waals surface area contributed by atoms with Crippen LogP contribution in [0.4, 0.5) is 0 Å². The van der Waals surface area contributed by atoms with Crippen molar-refractivity contribution in [3.05, 3.63) is 74.8 Å². The fourth-order valence-electron chi connectivity index (χ4n) is 3.23. The van der Waals surface area contributed by atoms with Crippen LogP contribution in [-0.4, -0.2) is 14.1 Å². The summed E-state index contributed by atoms with van der Waals surface area (Å²) in [6.07, 6.45) is 2.14. The topological polar surface area (TPSA) is 70.0 Å². The number of rotatable bonds is 3. The van der Waals surface area contributed by atoms with Gasteiger partial charge in [-0.05, 0) is 24.3 Å². The number of hydrogen-bond acceptors (Lipinski definition) is 4. The zero-order valence-corrected chi connectivity index (χ0v) is 14.0. The average Bonchev–Trinajstić information content (AvgIpc) is 3.14. The van der Waals surface area contributed by atoms with Gasteiger partial charge in [-0.15, -0.1) is 0 Å². The van der Waals surface area contributed by atoms with Crippen molar-refractivity contribution in [3.63, 3.8) is 0 Å². The van der Waals surface area contributed by atoms with Crippen molar-refractivity contribution in [3.8, 4) is 0 Å². The Morgan fingerprint density at radius 2 is 1.92 bits per heavy atom. The van der Waals surface area contributed by atoms with Gasteiger partial charge in [-0.1, -0.05) is 19.1 Å². The van der Waals surface area contributed by atoms with E-state index in [4.69, 9.17) is 4.42 Å². The van der Waals surface area contributed by atoms with E-state index < -0.39 is 0 Å². The second-order valence-corrected chi connectivity index (χ2v) is 5.96. The Morgan fingerprint density at radius 1 is 1.12 bits per heavy atom. The summed E-state index contributed by atoms with van der Waals surface area (Å²) in [6, 6.07) is 10.8. The number of benzene rings is 1. The molecule has 126 valence electrons. The number of fused-ring (bicyclic) bond motifs is 2. The lowest BCUT2D eigenvalue weighted by molar-refractivity contribution is 0.483. The molecule has 0 atom stereocenters. The van der Waals surface area contributed by atoms with Gasteiger partial charge in [0.05, 0.1) is 18.3 Å². The molecule has 25 heavy (non-hydrogen) atoms. The summed E-state index contributed by atoms with van der Waals surface area (Å²) >= 11 is 0. The summed E-state index contributed by atoms with van der Waals surface area (Å²) in [5, 5.41) is 0.634. The summed E-state index contributed by atoms with van der Waals surface area (Å²) in [6.45, 7) is 2.19. The normalized spacial score (nSPS) is 11.4. The maximum atomic E-state index is 13.1. The van der Waals surface area contributed by atoms with Crippen LogP contribution in [0.2, 0.25) is 0 Å². The largest absolute Gasteiger partial charge is 0.467 e. The Morgan fingerprint density at radius 3 is 2.64 bits per heavy atom. The second-order valence-electron chi connectivity index (χ2n) is 5.96. The van der Waals surface area contributed by atoms with Crippen LogP contribution in [0.15, 0.2) is 56.7 Å². The molecule has 4 aromatic rings. The highest BCUT2D eigenvalue weighted by Gasteiger charge is 2.18. The molecule has 0 aliphatic carbocycles. The van der Waals surface area contributed by atoms with Gasteiger partial charge in [0, 0.05) is 18.9 Å². The molecule has 0 amide bonds. The molecule has 0 spiro atoms. The monoisotopic (exact) mass is 335 g/mol. The van der Waals surface area contributed by atoms with Gasteiger partial charge in [0.1, 0.15) is 17.0 Å². The predicted octanol–water partition coefficient (Wildman–Crippen LogP) is 2.45. The minimum Gasteiger partial charge on any atom is -0.467 e. The zero-order chi connectivity index (χ0) is 17.6. The first-order valence-corrected chi connectivity index (χ1v) is 8.15. The third-order valence-electron chi connectivity index (χ3n) is 4.49. The molecule has 0 aliphatic rings. The maximum absolute atomic E-state index is 13.1. The molecule has 0 aliphatic heterocycles. The number of hydrogen-bond donors (Lipinski definition) is 0. The Hall–Kier alpha value is -3.15. The number of furan rings is 1. The quantitative estimate of drug-likeness (QED) is 0.539. The van der Waals surface area contributed by atoms with E-state index in [2.05, 4.69) is 4.98 Å². The molecule has 0 saturated heterocycles. The SMILES string of the molecule is CCc1nc2c(c(=O)c3ccccc3n2C)c(=O)n1Cc1ccco1. The van der Waals surface area contributed by atoms with Crippen molar-refractivity contribution in [1.82, 2.24) is 14.1 Å². The number of aryl methyl sites for hydroxylation is 2. The van der Waals surface area contributed by atoms with Crippen LogP contribution in [-0.2, 0) is 20.0 Å². The molecule has 0 radical (unpaired) electrons. The Labute approximate surface area is 143 Å². The van der Waals surface area contributed by atoms with Gasteiger partial charge in [0.25, 0.3) is 5.56 Å². The minimum atomic E-state index is -0.329. The van der Waals surface area contributed by atoms with Gasteiger partial charge in [-0.25, -0.2) is 4.98 Å². The molecule has 3 heterocycles. The molecule has 1 aromatic carbocycles. The fourth-order valence-corrected chi connectivity index (χ4v) is 3.23. The molecule has 4 rings (SSSR count). The van der Waals surface area contributed by atoms with Gasteiger partial charge < -0.3 is 8.98 Å². The van der Waals surface area contributed by atoms with Crippen LogP contribution in [0, 0.1) is 0 Å². The first kappa shape index (κ1) is 15.4. The van der Waals surface area contributed by atoms with Crippen molar-refractivity contribution in [2.75, 3.05) is 0 Å². The van der Waals surface area contributed by atoms with Crippen LogP contribution >= 0.6 is 0 Å². The lowest BCUT2D eigenvalue weighted by Crippen LogP contribution is -2.30. The van der Waals surface area contributed by atoms with Gasteiger partial charge in [0.2, 0.25) is 5.43 Å². The Bertz CT molecular complexity index is 1200. The number of para-hydroxylation sites is 1. The van der Waals surface area contributed by atoms with Gasteiger partial charge in [-0.2, -0.15) is 0 Å². The van der Waals surface area contributed by atoms with E-state index in [-0.39, 0.29) is 22.9 Å². The highest BCUT2D eigenvalue weighted by Crippen LogP contribution is 2.15. The number of aromatic nitrogens is 3. The summed E-state index contributed by atoms with van der Waals surface area (Å²) in [4.78, 5) is 30.7. The number of pyridine rings is 1. The molecule has 0 unspecified atom stereocenters. The maximum Gasteiger partial charge on any atom is 0.267 e. The molecule has 6 heteroatoms. The van der Waals surface area contributed by atoms with Crippen molar-refractivity contribution in [2.45, 2.75) is 19.9 Å². The Kier molecular flexibility index (Phi) is 3.53. The molecular formula is C19H17N3O3. The molecule has 6 nitrogen and oxygen atoms in total. The van der Waals surface area contributed by atoms with Gasteiger partial charge in [-0.3, -0.25) is 14.2 Å². The summed E-state index contributed by atoms with van der Waals surface area (Å²) in [5.74, 6) is 1.27. The standard InChI is InChI=1S/C19H17N3O3/c1-3-15-20-18-16(19(24)22(15)11-12-7-6-10-25-12)17(23)13-8-4-5-9-14(13)21(18)2/h4-10H,3,11H2,1-2H3. The fraction of sp³-hybridized carbons (Fsp3) is 0.211. The van der Waals surface area contributed by atoms with E-state index in [0.717, 1.165) is 5.52 Å². The molecule has 0 bridgehead atoms. The summed E-state index contributed by atoms with van der Waals surface area (Å²) < 4.78 is 8.69. The smallest absolute Gasteiger partial charge is 0.267 e. The molecule has 0 fully saturated rings. The van der Waals surface area contributed by atoms with E-state index in [1.807, 2.05) is 30.7 Å². The van der Waals surface area contributed by atoms with Crippen molar-refractivity contribution in [2.24, 2.45) is 7.05 Å². The van der Waals surface area contributed by atoms with Crippen molar-refractivity contribution in [1.29, 1.82) is 0 Å². The van der Waals surface area contributed by atoms with E-state index in [9.17, 15) is 9.59 Å². The second kappa shape index (κ2) is 5.73. The van der Waals surface area contributed by atoms with E-state index in [1.54, 1.807) is 30.5 Å². The van der Waals surface area contributed by atoms with Crippen LogP contribution in [0.5, 0.6) is 0 Å². The molecule has 3 aromatic heterocycles. The lowest BCUT2D eigenvalue weighted by Gasteiger charge is -2.14. The summed E-state index contributed by atoms with van der Waals surface area (Å²) in [5.41, 5.74) is 0.570. The van der Waals surface area contributed by atoms with Crippen molar-refractivity contribution < 1.29 is 4.42 Å². The van der Waals surface area contributed by atoms with Crippen LogP contribution < -0.4 is 11.0 Å². The highest BCUT2D eigenvalue weighted by atomic mass is 16.3. The van der Waals surface area contributed by atoms with Crippen LogP contribution in [0.25, 0.3) is 21.9 Å². The first-order chi connectivity index (χ1) is 12.1. The van der Waals surface area contributed by atoms with E-state index in [1.165, 1.54) is 4.57 Å². The number of nitrogens with zero attached hydrogens (tertiary/aromatic N) is 3. The van der Waals surface area contributed by atoms with Crippen LogP contribution in [0.3, 0.4) is 0 Å². The van der Waals surface area contributed by atoms with Crippen molar-refractivity contribution >= 4 is 21.9 Å². The predicted molar refractivity (Wildman–Crippen MR) is 95.9 cm³/mol. The van der Waals surface area contributed by atoms with Gasteiger partial charge >= 0.3 is 0 Å². The molecule has 0 N–H and O–H groups in total. The first-order valence-electron chi connectivity index (χ1n) is 8.15.